The van der Waals surface area contributed by atoms with E-state index in [4.69, 9.17) is 9.47 Å². The molecule has 0 aliphatic carbocycles. The molecule has 0 fully saturated rings. The number of rotatable bonds is 7. The minimum Gasteiger partial charge on any atom is -0.491 e. The van der Waals surface area contributed by atoms with Crippen LogP contribution in [0.1, 0.15) is 26.3 Å². The second kappa shape index (κ2) is 7.30. The summed E-state index contributed by atoms with van der Waals surface area (Å²) in [6.45, 7) is 6.56. The van der Waals surface area contributed by atoms with Gasteiger partial charge in [0.1, 0.15) is 18.5 Å². The predicted octanol–water partition coefficient (Wildman–Crippen LogP) is 2.41. The lowest BCUT2D eigenvalue weighted by molar-refractivity contribution is -0.0122. The van der Waals surface area contributed by atoms with Gasteiger partial charge in [0.05, 0.1) is 12.7 Å². The van der Waals surface area contributed by atoms with Crippen LogP contribution in [0.2, 0.25) is 0 Å². The number of hydrogen-bond donors (Lipinski definition) is 1. The molecule has 0 radical (unpaired) electrons. The van der Waals surface area contributed by atoms with E-state index in [9.17, 15) is 5.11 Å². The molecule has 1 N–H and O–H groups in total. The number of aliphatic hydroxyl groups excluding tert-OH is 1. The molecule has 1 aromatic carbocycles. The van der Waals surface area contributed by atoms with Gasteiger partial charge in [-0.2, -0.15) is 0 Å². The molecular formula is C14H22O3. The van der Waals surface area contributed by atoms with Crippen molar-refractivity contribution in [3.63, 3.8) is 0 Å². The predicted molar refractivity (Wildman–Crippen MR) is 68.4 cm³/mol. The van der Waals surface area contributed by atoms with Crippen molar-refractivity contribution < 1.29 is 14.6 Å². The largest absolute Gasteiger partial charge is 0.491 e. The zero-order valence-electron chi connectivity index (χ0n) is 10.8. The molecule has 0 saturated heterocycles. The standard InChI is InChI=1S/C14H22O3/c1-4-12-6-5-7-14(8-12)17-10-13(15)9-16-11(2)3/h5-8,11,13,15H,4,9-10H2,1-3H3. The van der Waals surface area contributed by atoms with Crippen LogP contribution in [0.25, 0.3) is 0 Å². The molecule has 0 aromatic heterocycles. The number of benzene rings is 1. The molecule has 0 saturated carbocycles. The van der Waals surface area contributed by atoms with Gasteiger partial charge in [0.2, 0.25) is 0 Å². The summed E-state index contributed by atoms with van der Waals surface area (Å²) in [5, 5.41) is 9.64. The van der Waals surface area contributed by atoms with Crippen molar-refractivity contribution in [2.75, 3.05) is 13.2 Å². The topological polar surface area (TPSA) is 38.7 Å². The highest BCUT2D eigenvalue weighted by Gasteiger charge is 2.06. The SMILES string of the molecule is CCc1cccc(OCC(O)COC(C)C)c1. The summed E-state index contributed by atoms with van der Waals surface area (Å²) < 4.78 is 10.8. The molecule has 0 heterocycles. The lowest BCUT2D eigenvalue weighted by Crippen LogP contribution is -2.25. The van der Waals surface area contributed by atoms with E-state index in [0.717, 1.165) is 12.2 Å². The second-order valence-corrected chi connectivity index (χ2v) is 4.35. The average molecular weight is 238 g/mol. The van der Waals surface area contributed by atoms with Gasteiger partial charge >= 0.3 is 0 Å². The van der Waals surface area contributed by atoms with Crippen LogP contribution in [-0.2, 0) is 11.2 Å². The summed E-state index contributed by atoms with van der Waals surface area (Å²) in [7, 11) is 0. The van der Waals surface area contributed by atoms with Gasteiger partial charge in [0.15, 0.2) is 0 Å². The van der Waals surface area contributed by atoms with Crippen LogP contribution in [-0.4, -0.2) is 30.5 Å². The molecule has 3 heteroatoms. The number of ether oxygens (including phenoxy) is 2. The molecule has 1 atom stereocenters. The maximum atomic E-state index is 9.64. The fourth-order valence-corrected chi connectivity index (χ4v) is 1.40. The minimum atomic E-state index is -0.581. The smallest absolute Gasteiger partial charge is 0.119 e. The van der Waals surface area contributed by atoms with E-state index in [0.29, 0.717) is 6.61 Å². The first-order chi connectivity index (χ1) is 8.11. The molecular weight excluding hydrogens is 216 g/mol. The summed E-state index contributed by atoms with van der Waals surface area (Å²) in [6, 6.07) is 7.92. The maximum absolute atomic E-state index is 9.64. The monoisotopic (exact) mass is 238 g/mol. The van der Waals surface area contributed by atoms with Gasteiger partial charge in [-0.3, -0.25) is 0 Å². The Morgan fingerprint density at radius 2 is 2.00 bits per heavy atom. The van der Waals surface area contributed by atoms with E-state index in [2.05, 4.69) is 13.0 Å². The van der Waals surface area contributed by atoms with Gasteiger partial charge in [-0.1, -0.05) is 19.1 Å². The van der Waals surface area contributed by atoms with Crippen LogP contribution < -0.4 is 4.74 Å². The van der Waals surface area contributed by atoms with Crippen LogP contribution in [0, 0.1) is 0 Å². The second-order valence-electron chi connectivity index (χ2n) is 4.35. The van der Waals surface area contributed by atoms with Crippen LogP contribution in [0.5, 0.6) is 5.75 Å². The molecule has 1 rings (SSSR count). The summed E-state index contributed by atoms with van der Waals surface area (Å²) >= 11 is 0. The molecule has 1 unspecified atom stereocenters. The molecule has 96 valence electrons. The first kappa shape index (κ1) is 14.0. The first-order valence-electron chi connectivity index (χ1n) is 6.13. The molecule has 0 amide bonds. The van der Waals surface area contributed by atoms with E-state index in [1.807, 2.05) is 32.0 Å². The highest BCUT2D eigenvalue weighted by molar-refractivity contribution is 5.28. The Balaban J connectivity index is 2.33. The van der Waals surface area contributed by atoms with Gasteiger partial charge in [-0.15, -0.1) is 0 Å². The van der Waals surface area contributed by atoms with E-state index < -0.39 is 6.10 Å². The van der Waals surface area contributed by atoms with Crippen molar-refractivity contribution in [1.29, 1.82) is 0 Å². The van der Waals surface area contributed by atoms with Gasteiger partial charge < -0.3 is 14.6 Å². The van der Waals surface area contributed by atoms with Crippen LogP contribution >= 0.6 is 0 Å². The average Bonchev–Trinajstić information content (AvgIpc) is 2.34. The van der Waals surface area contributed by atoms with Crippen molar-refractivity contribution in [3.05, 3.63) is 29.8 Å². The summed E-state index contributed by atoms with van der Waals surface area (Å²) in [4.78, 5) is 0. The fraction of sp³-hybridized carbons (Fsp3) is 0.571. The Labute approximate surface area is 103 Å². The summed E-state index contributed by atoms with van der Waals surface area (Å²) in [5.74, 6) is 0.799. The molecule has 17 heavy (non-hydrogen) atoms. The lowest BCUT2D eigenvalue weighted by Gasteiger charge is -2.14. The Morgan fingerprint density at radius 1 is 1.24 bits per heavy atom. The minimum absolute atomic E-state index is 0.132. The van der Waals surface area contributed by atoms with E-state index in [1.54, 1.807) is 0 Å². The van der Waals surface area contributed by atoms with Crippen molar-refractivity contribution in [1.82, 2.24) is 0 Å². The number of aliphatic hydroxyl groups is 1. The first-order valence-corrected chi connectivity index (χ1v) is 6.13. The molecule has 1 aromatic rings. The molecule has 0 aliphatic rings. The summed E-state index contributed by atoms with van der Waals surface area (Å²) in [5.41, 5.74) is 1.23. The number of hydrogen-bond acceptors (Lipinski definition) is 3. The van der Waals surface area contributed by atoms with Crippen LogP contribution in [0.4, 0.5) is 0 Å². The third-order valence-electron chi connectivity index (χ3n) is 2.37. The number of aryl methyl sites for hydroxylation is 1. The van der Waals surface area contributed by atoms with Gasteiger partial charge in [-0.05, 0) is 38.0 Å². The van der Waals surface area contributed by atoms with Gasteiger partial charge in [-0.25, -0.2) is 0 Å². The van der Waals surface area contributed by atoms with E-state index in [-0.39, 0.29) is 12.7 Å². The van der Waals surface area contributed by atoms with Crippen molar-refractivity contribution in [3.8, 4) is 5.75 Å². The van der Waals surface area contributed by atoms with E-state index >= 15 is 0 Å². The van der Waals surface area contributed by atoms with Crippen LogP contribution in [0.3, 0.4) is 0 Å². The van der Waals surface area contributed by atoms with Gasteiger partial charge in [0, 0.05) is 0 Å². The Bertz CT molecular complexity index is 323. The molecule has 0 aliphatic heterocycles. The summed E-state index contributed by atoms with van der Waals surface area (Å²) in [6.07, 6.45) is 0.534. The highest BCUT2D eigenvalue weighted by Crippen LogP contribution is 2.13. The molecule has 0 bridgehead atoms. The van der Waals surface area contributed by atoms with Gasteiger partial charge in [0.25, 0.3) is 0 Å². The highest BCUT2D eigenvalue weighted by atomic mass is 16.5. The third kappa shape index (κ3) is 5.71. The Hall–Kier alpha value is -1.06. The molecule has 0 spiro atoms. The van der Waals surface area contributed by atoms with Crippen LogP contribution in [0.15, 0.2) is 24.3 Å². The Morgan fingerprint density at radius 3 is 2.65 bits per heavy atom. The van der Waals surface area contributed by atoms with Crippen molar-refractivity contribution in [2.45, 2.75) is 39.4 Å². The van der Waals surface area contributed by atoms with E-state index in [1.165, 1.54) is 5.56 Å². The van der Waals surface area contributed by atoms with Crippen molar-refractivity contribution in [2.24, 2.45) is 0 Å². The normalized spacial score (nSPS) is 12.8. The van der Waals surface area contributed by atoms with Crippen molar-refractivity contribution >= 4 is 0 Å². The maximum Gasteiger partial charge on any atom is 0.119 e. The third-order valence-corrected chi connectivity index (χ3v) is 2.37. The fourth-order valence-electron chi connectivity index (χ4n) is 1.40. The zero-order valence-corrected chi connectivity index (χ0v) is 10.8. The lowest BCUT2D eigenvalue weighted by atomic mass is 10.2. The molecule has 3 nitrogen and oxygen atoms in total. The Kier molecular flexibility index (Phi) is 6.01. The quantitative estimate of drug-likeness (QED) is 0.793. The zero-order chi connectivity index (χ0) is 12.7.